The fraction of sp³-hybridized carbons (Fsp3) is 0.481. The van der Waals surface area contributed by atoms with Gasteiger partial charge in [-0.15, -0.1) is 10.2 Å². The van der Waals surface area contributed by atoms with E-state index >= 15 is 0 Å². The summed E-state index contributed by atoms with van der Waals surface area (Å²) in [5.41, 5.74) is 9.13. The molecule has 10 nitrogen and oxygen atoms in total. The van der Waals surface area contributed by atoms with Crippen LogP contribution in [0, 0.1) is 5.92 Å². The molecular weight excluding hydrogens is 534 g/mol. The molecule has 2 aliphatic heterocycles. The highest BCUT2D eigenvalue weighted by molar-refractivity contribution is 7.99. The highest BCUT2D eigenvalue weighted by Crippen LogP contribution is 2.37. The van der Waals surface area contributed by atoms with Crippen molar-refractivity contribution in [3.8, 4) is 0 Å². The lowest BCUT2D eigenvalue weighted by atomic mass is 9.92. The maximum absolute atomic E-state index is 12.7. The van der Waals surface area contributed by atoms with Crippen LogP contribution in [0.1, 0.15) is 55.3 Å². The third-order valence-corrected chi connectivity index (χ3v) is 8.90. The number of anilines is 1. The van der Waals surface area contributed by atoms with Crippen molar-refractivity contribution >= 4 is 57.0 Å². The van der Waals surface area contributed by atoms with Crippen LogP contribution in [0.2, 0.25) is 5.02 Å². The summed E-state index contributed by atoms with van der Waals surface area (Å²) in [6, 6.07) is 5.84. The van der Waals surface area contributed by atoms with Gasteiger partial charge >= 0.3 is 0 Å². The molecule has 12 heteroatoms. The van der Waals surface area contributed by atoms with E-state index in [1.54, 1.807) is 0 Å². The van der Waals surface area contributed by atoms with Crippen LogP contribution in [-0.2, 0) is 6.42 Å². The molecular formula is C27H32ClN9OS. The maximum Gasteiger partial charge on any atom is 0.218 e. The molecule has 1 aromatic carbocycles. The number of nitrogens with zero attached hydrogens (tertiary/aromatic N) is 6. The highest BCUT2D eigenvalue weighted by Gasteiger charge is 2.26. The Balaban J connectivity index is 1.23. The molecule has 5 heterocycles. The van der Waals surface area contributed by atoms with Crippen molar-refractivity contribution in [1.29, 1.82) is 0 Å². The molecule has 204 valence electrons. The summed E-state index contributed by atoms with van der Waals surface area (Å²) >= 11 is 8.16. The number of carbonyl (C=O) groups is 1. The molecule has 0 amide bonds. The number of aromatic nitrogens is 6. The fourth-order valence-corrected chi connectivity index (χ4v) is 6.53. The van der Waals surface area contributed by atoms with Gasteiger partial charge in [0.05, 0.1) is 15.9 Å². The number of halogens is 1. The summed E-state index contributed by atoms with van der Waals surface area (Å²) < 4.78 is 0. The van der Waals surface area contributed by atoms with Gasteiger partial charge in [-0.2, -0.15) is 0 Å². The van der Waals surface area contributed by atoms with Gasteiger partial charge in [0.1, 0.15) is 17.0 Å². The average Bonchev–Trinajstić information content (AvgIpc) is 3.54. The predicted octanol–water partition coefficient (Wildman–Crippen LogP) is 4.16. The number of nitrogens with two attached hydrogens (primary N) is 1. The highest BCUT2D eigenvalue weighted by atomic mass is 35.5. The number of hydrogen-bond donors (Lipinski definition) is 3. The van der Waals surface area contributed by atoms with Crippen molar-refractivity contribution in [1.82, 2.24) is 35.5 Å². The lowest BCUT2D eigenvalue weighted by Crippen LogP contribution is -2.28. The Bertz CT molecular complexity index is 1520. The number of Topliss-reactive ketones (excluding diaryl/α,β-unsaturated/α-hetero) is 1. The van der Waals surface area contributed by atoms with E-state index in [0.717, 1.165) is 85.7 Å². The molecule has 0 saturated carbocycles. The van der Waals surface area contributed by atoms with Crippen molar-refractivity contribution in [3.05, 3.63) is 34.7 Å². The molecule has 0 radical (unpaired) electrons. The minimum absolute atomic E-state index is 0.0479. The van der Waals surface area contributed by atoms with Crippen molar-refractivity contribution < 1.29 is 4.79 Å². The topological polar surface area (TPSA) is 139 Å². The maximum atomic E-state index is 12.7. The molecule has 4 N–H and O–H groups in total. The average molecular weight is 566 g/mol. The first kappa shape index (κ1) is 26.4. The number of hydrogen-bond acceptors (Lipinski definition) is 10. The van der Waals surface area contributed by atoms with Gasteiger partial charge in [-0.3, -0.25) is 4.79 Å². The zero-order valence-electron chi connectivity index (χ0n) is 21.9. The predicted molar refractivity (Wildman–Crippen MR) is 154 cm³/mol. The standard InChI is InChI=1S/C27H32ClN9OS/c1-2-18-23(28)22-25(31-18)33-27(34-26(22)37-12-9-16(29)14-37)39-17-4-5-19-20(13-17)35-36-24(32-19)21(38)6-3-15-7-10-30-11-8-15/h4-5,13,15-16,30H,2-3,6-12,14,29H2,1H3,(H,31,33,34)/t16-/m0/s1. The van der Waals surface area contributed by atoms with Crippen LogP contribution in [0.3, 0.4) is 0 Å². The summed E-state index contributed by atoms with van der Waals surface area (Å²) in [6.07, 6.45) is 5.25. The van der Waals surface area contributed by atoms with Crippen molar-refractivity contribution in [2.45, 2.75) is 61.5 Å². The van der Waals surface area contributed by atoms with E-state index in [1.807, 2.05) is 18.2 Å². The van der Waals surface area contributed by atoms with E-state index in [4.69, 9.17) is 27.3 Å². The van der Waals surface area contributed by atoms with Gasteiger partial charge in [0, 0.05) is 36.1 Å². The Hall–Kier alpha value is -2.86. The van der Waals surface area contributed by atoms with Crippen molar-refractivity contribution in [3.63, 3.8) is 0 Å². The zero-order chi connectivity index (χ0) is 26.9. The molecule has 0 spiro atoms. The van der Waals surface area contributed by atoms with Gasteiger partial charge < -0.3 is 20.9 Å². The molecule has 0 unspecified atom stereocenters. The summed E-state index contributed by atoms with van der Waals surface area (Å²) in [7, 11) is 0. The molecule has 0 aliphatic carbocycles. The minimum Gasteiger partial charge on any atom is -0.354 e. The summed E-state index contributed by atoms with van der Waals surface area (Å²) in [5, 5.41) is 14.0. The largest absolute Gasteiger partial charge is 0.354 e. The molecule has 6 rings (SSSR count). The molecule has 2 saturated heterocycles. The van der Waals surface area contributed by atoms with Crippen LogP contribution in [0.15, 0.2) is 28.3 Å². The number of H-pyrrole nitrogens is 1. The van der Waals surface area contributed by atoms with Crippen molar-refractivity contribution in [2.24, 2.45) is 11.7 Å². The first-order chi connectivity index (χ1) is 19.0. The number of aromatic amines is 1. The third kappa shape index (κ3) is 5.58. The van der Waals surface area contributed by atoms with Crippen LogP contribution in [0.25, 0.3) is 22.1 Å². The Labute approximate surface area is 235 Å². The normalized spacial score (nSPS) is 18.4. The van der Waals surface area contributed by atoms with E-state index in [9.17, 15) is 4.79 Å². The lowest BCUT2D eigenvalue weighted by molar-refractivity contribution is 0.0960. The van der Waals surface area contributed by atoms with E-state index < -0.39 is 0 Å². The molecule has 3 aromatic heterocycles. The molecule has 1 atom stereocenters. The number of piperidine rings is 1. The van der Waals surface area contributed by atoms with Gasteiger partial charge in [-0.05, 0) is 81.1 Å². The number of nitrogens with one attached hydrogen (secondary N) is 2. The number of aryl methyl sites for hydroxylation is 1. The van der Waals surface area contributed by atoms with Crippen LogP contribution < -0.4 is 16.0 Å². The van der Waals surface area contributed by atoms with Crippen LogP contribution >= 0.6 is 23.4 Å². The van der Waals surface area contributed by atoms with E-state index in [2.05, 4.69) is 37.3 Å². The minimum atomic E-state index is -0.0479. The first-order valence-electron chi connectivity index (χ1n) is 13.6. The second-order valence-electron chi connectivity index (χ2n) is 10.4. The van der Waals surface area contributed by atoms with Gasteiger partial charge in [-0.25, -0.2) is 15.0 Å². The van der Waals surface area contributed by atoms with Crippen LogP contribution in [0.5, 0.6) is 0 Å². The van der Waals surface area contributed by atoms with Gasteiger partial charge in [0.15, 0.2) is 5.16 Å². The molecule has 2 fully saturated rings. The Morgan fingerprint density at radius 1 is 1.15 bits per heavy atom. The Morgan fingerprint density at radius 3 is 2.77 bits per heavy atom. The number of fused-ring (bicyclic) bond motifs is 2. The van der Waals surface area contributed by atoms with Gasteiger partial charge in [0.2, 0.25) is 11.6 Å². The van der Waals surface area contributed by atoms with Crippen LogP contribution in [-0.4, -0.2) is 68.1 Å². The number of rotatable bonds is 8. The van der Waals surface area contributed by atoms with Crippen LogP contribution in [0.4, 0.5) is 5.82 Å². The van der Waals surface area contributed by atoms with Gasteiger partial charge in [-0.1, -0.05) is 18.5 Å². The monoisotopic (exact) mass is 565 g/mol. The molecule has 0 bridgehead atoms. The summed E-state index contributed by atoms with van der Waals surface area (Å²) in [6.45, 7) is 5.67. The number of carbonyl (C=O) groups excluding carboxylic acids is 1. The second-order valence-corrected chi connectivity index (χ2v) is 11.8. The van der Waals surface area contributed by atoms with Crippen molar-refractivity contribution in [2.75, 3.05) is 31.1 Å². The Morgan fingerprint density at radius 2 is 2.00 bits per heavy atom. The third-order valence-electron chi connectivity index (χ3n) is 7.62. The SMILES string of the molecule is CCc1[nH]c2nc(Sc3ccc4nc(C(=O)CCC5CCNCC5)nnc4c3)nc(N3CC[C@H](N)C3)c2c1Cl. The molecule has 4 aromatic rings. The summed E-state index contributed by atoms with van der Waals surface area (Å²) in [5.74, 6) is 1.54. The van der Waals surface area contributed by atoms with E-state index in [0.29, 0.717) is 33.6 Å². The zero-order valence-corrected chi connectivity index (χ0v) is 23.5. The fourth-order valence-electron chi connectivity index (χ4n) is 5.39. The first-order valence-corrected chi connectivity index (χ1v) is 14.8. The van der Waals surface area contributed by atoms with Gasteiger partial charge in [0.25, 0.3) is 0 Å². The second kappa shape index (κ2) is 11.3. The molecule has 2 aliphatic rings. The molecule has 39 heavy (non-hydrogen) atoms. The lowest BCUT2D eigenvalue weighted by Gasteiger charge is -2.21. The summed E-state index contributed by atoms with van der Waals surface area (Å²) in [4.78, 5) is 33.4. The smallest absolute Gasteiger partial charge is 0.218 e. The Kier molecular flexibility index (Phi) is 7.66. The van der Waals surface area contributed by atoms with E-state index in [-0.39, 0.29) is 17.6 Å². The quantitative estimate of drug-likeness (QED) is 0.211. The number of benzene rings is 1. The van der Waals surface area contributed by atoms with E-state index in [1.165, 1.54) is 11.8 Å². The number of ketones is 1.